The Morgan fingerprint density at radius 2 is 2.00 bits per heavy atom. The number of nitrogens with zero attached hydrogens (tertiary/aromatic N) is 3. The molecule has 0 bridgehead atoms. The number of rotatable bonds is 4. The summed E-state index contributed by atoms with van der Waals surface area (Å²) in [6.07, 6.45) is 2.26. The van der Waals surface area contributed by atoms with Crippen LogP contribution >= 0.6 is 11.6 Å². The molecule has 2 heterocycles. The van der Waals surface area contributed by atoms with E-state index in [9.17, 15) is 8.42 Å². The molecule has 3 rings (SSSR count). The van der Waals surface area contributed by atoms with Crippen LogP contribution in [0.25, 0.3) is 0 Å². The number of nitrogens with one attached hydrogen (secondary N) is 1. The predicted octanol–water partition coefficient (Wildman–Crippen LogP) is 2.50. The first-order valence-corrected chi connectivity index (χ1v) is 9.42. The third-order valence-corrected chi connectivity index (χ3v) is 5.83. The van der Waals surface area contributed by atoms with E-state index in [1.807, 2.05) is 24.1 Å². The number of hydrogen-bond donors (Lipinski definition) is 1. The summed E-state index contributed by atoms with van der Waals surface area (Å²) < 4.78 is 23.2. The second kappa shape index (κ2) is 6.33. The number of aromatic nitrogens is 2. The van der Waals surface area contributed by atoms with Crippen LogP contribution in [0, 0.1) is 0 Å². The van der Waals surface area contributed by atoms with Gasteiger partial charge in [-0.3, -0.25) is 0 Å². The normalized spacial score (nSPS) is 19.5. The Morgan fingerprint density at radius 3 is 2.65 bits per heavy atom. The Morgan fingerprint density at radius 1 is 1.26 bits per heavy atom. The first kappa shape index (κ1) is 16.0. The van der Waals surface area contributed by atoms with Gasteiger partial charge in [-0.05, 0) is 36.8 Å². The highest BCUT2D eigenvalue weighted by Gasteiger charge is 2.31. The van der Waals surface area contributed by atoms with Crippen LogP contribution in [0.4, 0.5) is 17.5 Å². The fraction of sp³-hybridized carbons (Fsp3) is 0.333. The zero-order valence-corrected chi connectivity index (χ0v) is 14.2. The standard InChI is InChI=1S/C15H17ClN4O2S/c1-20(13-7-9-23(21,22)10-13)15-17-8-6-14(19-15)18-12-4-2-11(16)3-5-12/h2-6,8,13H,7,9-10H2,1H3,(H,17,18,19). The number of sulfone groups is 1. The monoisotopic (exact) mass is 352 g/mol. The first-order chi connectivity index (χ1) is 10.9. The van der Waals surface area contributed by atoms with Crippen molar-refractivity contribution in [3.8, 4) is 0 Å². The highest BCUT2D eigenvalue weighted by Crippen LogP contribution is 2.22. The Labute approximate surface area is 140 Å². The molecule has 1 saturated heterocycles. The third-order valence-electron chi connectivity index (χ3n) is 3.83. The van der Waals surface area contributed by atoms with Crippen LogP contribution in [-0.4, -0.2) is 43.0 Å². The van der Waals surface area contributed by atoms with Gasteiger partial charge in [0.15, 0.2) is 9.84 Å². The van der Waals surface area contributed by atoms with E-state index in [-0.39, 0.29) is 17.5 Å². The van der Waals surface area contributed by atoms with Crippen molar-refractivity contribution in [1.82, 2.24) is 9.97 Å². The minimum Gasteiger partial charge on any atom is -0.340 e. The first-order valence-electron chi connectivity index (χ1n) is 7.22. The number of anilines is 3. The van der Waals surface area contributed by atoms with E-state index in [1.165, 1.54) is 0 Å². The molecular formula is C15H17ClN4O2S. The van der Waals surface area contributed by atoms with Crippen molar-refractivity contribution in [2.75, 3.05) is 28.8 Å². The molecule has 2 aromatic rings. The highest BCUT2D eigenvalue weighted by atomic mass is 35.5. The van der Waals surface area contributed by atoms with Crippen LogP contribution in [0.2, 0.25) is 5.02 Å². The summed E-state index contributed by atoms with van der Waals surface area (Å²) >= 11 is 5.87. The molecule has 0 spiro atoms. The van der Waals surface area contributed by atoms with Crippen molar-refractivity contribution in [3.05, 3.63) is 41.6 Å². The van der Waals surface area contributed by atoms with Gasteiger partial charge in [-0.1, -0.05) is 11.6 Å². The van der Waals surface area contributed by atoms with Gasteiger partial charge in [0.1, 0.15) is 5.82 Å². The molecule has 1 aromatic carbocycles. The van der Waals surface area contributed by atoms with E-state index in [0.29, 0.717) is 23.2 Å². The molecular weight excluding hydrogens is 336 g/mol. The van der Waals surface area contributed by atoms with E-state index in [1.54, 1.807) is 24.4 Å². The van der Waals surface area contributed by atoms with E-state index in [4.69, 9.17) is 11.6 Å². The Hall–Kier alpha value is -1.86. The van der Waals surface area contributed by atoms with Gasteiger partial charge in [-0.25, -0.2) is 13.4 Å². The molecule has 6 nitrogen and oxygen atoms in total. The lowest BCUT2D eigenvalue weighted by Gasteiger charge is -2.23. The van der Waals surface area contributed by atoms with E-state index >= 15 is 0 Å². The fourth-order valence-corrected chi connectivity index (χ4v) is 4.41. The SMILES string of the molecule is CN(c1nccc(Nc2ccc(Cl)cc2)n1)C1CCS(=O)(=O)C1. The van der Waals surface area contributed by atoms with Crippen LogP contribution in [0.5, 0.6) is 0 Å². The highest BCUT2D eigenvalue weighted by molar-refractivity contribution is 7.91. The Bertz CT molecular complexity index is 795. The average molecular weight is 353 g/mol. The molecule has 1 aromatic heterocycles. The summed E-state index contributed by atoms with van der Waals surface area (Å²) in [5.41, 5.74) is 0.866. The van der Waals surface area contributed by atoms with Crippen molar-refractivity contribution in [1.29, 1.82) is 0 Å². The zero-order valence-electron chi connectivity index (χ0n) is 12.6. The van der Waals surface area contributed by atoms with Gasteiger partial charge >= 0.3 is 0 Å². The van der Waals surface area contributed by atoms with Crippen LogP contribution in [0.15, 0.2) is 36.5 Å². The van der Waals surface area contributed by atoms with Crippen LogP contribution in [-0.2, 0) is 9.84 Å². The van der Waals surface area contributed by atoms with E-state index < -0.39 is 9.84 Å². The molecule has 122 valence electrons. The van der Waals surface area contributed by atoms with Gasteiger partial charge in [0.05, 0.1) is 11.5 Å². The van der Waals surface area contributed by atoms with Gasteiger partial charge in [-0.15, -0.1) is 0 Å². The van der Waals surface area contributed by atoms with E-state index in [0.717, 1.165) is 5.69 Å². The largest absolute Gasteiger partial charge is 0.340 e. The molecule has 1 atom stereocenters. The van der Waals surface area contributed by atoms with Crippen molar-refractivity contribution in [2.45, 2.75) is 12.5 Å². The summed E-state index contributed by atoms with van der Waals surface area (Å²) in [6, 6.07) is 8.99. The van der Waals surface area contributed by atoms with Gasteiger partial charge < -0.3 is 10.2 Å². The zero-order chi connectivity index (χ0) is 16.4. The summed E-state index contributed by atoms with van der Waals surface area (Å²) in [5.74, 6) is 1.53. The van der Waals surface area contributed by atoms with Gasteiger partial charge in [0, 0.05) is 30.0 Å². The van der Waals surface area contributed by atoms with Crippen LogP contribution < -0.4 is 10.2 Å². The molecule has 1 fully saturated rings. The smallest absolute Gasteiger partial charge is 0.227 e. The number of hydrogen-bond acceptors (Lipinski definition) is 6. The molecule has 0 saturated carbocycles. The van der Waals surface area contributed by atoms with Gasteiger partial charge in [-0.2, -0.15) is 4.98 Å². The summed E-state index contributed by atoms with van der Waals surface area (Å²) in [4.78, 5) is 10.5. The Kier molecular flexibility index (Phi) is 4.41. The topological polar surface area (TPSA) is 75.2 Å². The molecule has 8 heteroatoms. The van der Waals surface area contributed by atoms with Crippen molar-refractivity contribution >= 4 is 38.9 Å². The molecule has 1 aliphatic rings. The lowest BCUT2D eigenvalue weighted by Crippen LogP contribution is -2.33. The minimum atomic E-state index is -2.94. The maximum Gasteiger partial charge on any atom is 0.227 e. The summed E-state index contributed by atoms with van der Waals surface area (Å²) in [5, 5.41) is 3.85. The number of benzene rings is 1. The third kappa shape index (κ3) is 3.92. The van der Waals surface area contributed by atoms with Crippen LogP contribution in [0.1, 0.15) is 6.42 Å². The molecule has 0 amide bonds. The lowest BCUT2D eigenvalue weighted by molar-refractivity contribution is 0.600. The van der Waals surface area contributed by atoms with Crippen molar-refractivity contribution in [2.24, 2.45) is 0 Å². The molecule has 1 unspecified atom stereocenters. The van der Waals surface area contributed by atoms with Crippen molar-refractivity contribution < 1.29 is 8.42 Å². The molecule has 0 radical (unpaired) electrons. The van der Waals surface area contributed by atoms with E-state index in [2.05, 4.69) is 15.3 Å². The molecule has 1 N–H and O–H groups in total. The fourth-order valence-electron chi connectivity index (χ4n) is 2.51. The predicted molar refractivity (Wildman–Crippen MR) is 92.2 cm³/mol. The maximum atomic E-state index is 11.6. The number of halogens is 1. The second-order valence-corrected chi connectivity index (χ2v) is 8.21. The molecule has 1 aliphatic heterocycles. The van der Waals surface area contributed by atoms with Crippen molar-refractivity contribution in [3.63, 3.8) is 0 Å². The molecule has 0 aliphatic carbocycles. The summed E-state index contributed by atoms with van der Waals surface area (Å²) in [7, 11) is -1.11. The molecule has 23 heavy (non-hydrogen) atoms. The lowest BCUT2D eigenvalue weighted by atomic mass is 10.2. The summed E-state index contributed by atoms with van der Waals surface area (Å²) in [6.45, 7) is 0. The van der Waals surface area contributed by atoms with Crippen LogP contribution in [0.3, 0.4) is 0 Å². The second-order valence-electron chi connectivity index (χ2n) is 5.54. The minimum absolute atomic E-state index is 0.0780. The average Bonchev–Trinajstić information content (AvgIpc) is 2.89. The quantitative estimate of drug-likeness (QED) is 0.911. The van der Waals surface area contributed by atoms with Gasteiger partial charge in [0.25, 0.3) is 0 Å². The Balaban J connectivity index is 1.75. The maximum absolute atomic E-state index is 11.6. The van der Waals surface area contributed by atoms with Gasteiger partial charge in [0.2, 0.25) is 5.95 Å².